The summed E-state index contributed by atoms with van der Waals surface area (Å²) < 4.78 is 18.1. The molecule has 1 saturated carbocycles. The van der Waals surface area contributed by atoms with Gasteiger partial charge in [0, 0.05) is 6.92 Å². The first-order valence-electron chi connectivity index (χ1n) is 10.5. The lowest BCUT2D eigenvalue weighted by atomic mass is 9.52. The van der Waals surface area contributed by atoms with Crippen LogP contribution in [0.2, 0.25) is 0 Å². The van der Waals surface area contributed by atoms with Crippen LogP contribution in [-0.2, 0) is 19.0 Å². The lowest BCUT2D eigenvalue weighted by Crippen LogP contribution is -2.67. The van der Waals surface area contributed by atoms with Crippen LogP contribution in [0, 0.1) is 11.3 Å². The van der Waals surface area contributed by atoms with Gasteiger partial charge in [-0.2, -0.15) is 0 Å². The van der Waals surface area contributed by atoms with E-state index in [0.29, 0.717) is 12.0 Å². The maximum atomic E-state index is 12.9. The molecule has 0 radical (unpaired) electrons. The summed E-state index contributed by atoms with van der Waals surface area (Å²) in [6.07, 6.45) is 0.590. The van der Waals surface area contributed by atoms with E-state index in [2.05, 4.69) is 0 Å². The number of carbonyl (C=O) groups excluding carboxylic acids is 2. The van der Waals surface area contributed by atoms with Crippen molar-refractivity contribution in [3.63, 3.8) is 0 Å². The molecule has 0 aromatic heterocycles. The minimum absolute atomic E-state index is 0.167. The Morgan fingerprint density at radius 2 is 1.80 bits per heavy atom. The van der Waals surface area contributed by atoms with Crippen LogP contribution >= 0.6 is 0 Å². The van der Waals surface area contributed by atoms with E-state index >= 15 is 0 Å². The summed E-state index contributed by atoms with van der Waals surface area (Å²) in [5.41, 5.74) is -0.837. The predicted octanol–water partition coefficient (Wildman–Crippen LogP) is 3.43. The Morgan fingerprint density at radius 3 is 2.43 bits per heavy atom. The van der Waals surface area contributed by atoms with Crippen LogP contribution in [0.25, 0.3) is 0 Å². The zero-order valence-corrected chi connectivity index (χ0v) is 18.2. The summed E-state index contributed by atoms with van der Waals surface area (Å²) in [4.78, 5) is 24.6. The highest BCUT2D eigenvalue weighted by Crippen LogP contribution is 2.65. The first-order chi connectivity index (χ1) is 14.0. The number of benzene rings is 1. The largest absolute Gasteiger partial charge is 0.458 e. The molecule has 162 valence electrons. The van der Waals surface area contributed by atoms with Crippen LogP contribution in [0.15, 0.2) is 42.0 Å². The van der Waals surface area contributed by atoms with Crippen molar-refractivity contribution in [1.29, 1.82) is 0 Å². The summed E-state index contributed by atoms with van der Waals surface area (Å²) in [5, 5.41) is 11.4. The van der Waals surface area contributed by atoms with Gasteiger partial charge in [0.1, 0.15) is 23.9 Å². The maximum Gasteiger partial charge on any atom is 0.338 e. The number of hydrogen-bond acceptors (Lipinski definition) is 6. The molecule has 1 aromatic carbocycles. The van der Waals surface area contributed by atoms with Gasteiger partial charge in [0.15, 0.2) is 0 Å². The van der Waals surface area contributed by atoms with Crippen molar-refractivity contribution in [2.75, 3.05) is 0 Å². The number of aliphatic hydroxyl groups is 1. The monoisotopic (exact) mass is 414 g/mol. The molecule has 2 bridgehead atoms. The Balaban J connectivity index is 1.77. The Kier molecular flexibility index (Phi) is 4.86. The second kappa shape index (κ2) is 6.92. The normalized spacial score (nSPS) is 38.9. The van der Waals surface area contributed by atoms with Gasteiger partial charge in [-0.3, -0.25) is 4.79 Å². The second-order valence-corrected chi connectivity index (χ2v) is 9.58. The second-order valence-electron chi connectivity index (χ2n) is 9.58. The van der Waals surface area contributed by atoms with Gasteiger partial charge < -0.3 is 19.3 Å². The van der Waals surface area contributed by atoms with E-state index in [1.54, 1.807) is 30.3 Å². The molecule has 2 fully saturated rings. The molecule has 3 aliphatic rings. The van der Waals surface area contributed by atoms with Gasteiger partial charge in [0.2, 0.25) is 0 Å². The van der Waals surface area contributed by atoms with Crippen molar-refractivity contribution >= 4 is 11.9 Å². The minimum Gasteiger partial charge on any atom is -0.458 e. The summed E-state index contributed by atoms with van der Waals surface area (Å²) >= 11 is 0. The molecule has 4 rings (SSSR count). The molecule has 6 nitrogen and oxygen atoms in total. The van der Waals surface area contributed by atoms with Crippen LogP contribution in [0.1, 0.15) is 57.8 Å². The van der Waals surface area contributed by atoms with E-state index in [-0.39, 0.29) is 5.92 Å². The summed E-state index contributed by atoms with van der Waals surface area (Å²) in [5.74, 6) is -0.735. The fraction of sp³-hybridized carbons (Fsp3) is 0.583. The highest BCUT2D eigenvalue weighted by molar-refractivity contribution is 5.89. The molecule has 30 heavy (non-hydrogen) atoms. The number of fused-ring (bicyclic) bond motifs is 1. The zero-order valence-electron chi connectivity index (χ0n) is 18.2. The van der Waals surface area contributed by atoms with Gasteiger partial charge in [0.25, 0.3) is 0 Å². The Morgan fingerprint density at radius 1 is 1.13 bits per heavy atom. The number of aliphatic hydroxyl groups excluding tert-OH is 1. The fourth-order valence-corrected chi connectivity index (χ4v) is 5.77. The average Bonchev–Trinajstić information content (AvgIpc) is 2.92. The number of carbonyl (C=O) groups is 2. The lowest BCUT2D eigenvalue weighted by molar-refractivity contribution is -0.223. The smallest absolute Gasteiger partial charge is 0.338 e. The van der Waals surface area contributed by atoms with Gasteiger partial charge in [-0.25, -0.2) is 4.79 Å². The topological polar surface area (TPSA) is 82.1 Å². The third kappa shape index (κ3) is 2.92. The molecule has 1 aromatic rings. The van der Waals surface area contributed by atoms with Crippen molar-refractivity contribution in [1.82, 2.24) is 0 Å². The first kappa shape index (κ1) is 21.1. The highest BCUT2D eigenvalue weighted by atomic mass is 16.6. The molecule has 1 aliphatic heterocycles. The van der Waals surface area contributed by atoms with Crippen LogP contribution in [0.5, 0.6) is 0 Å². The molecule has 6 heteroatoms. The standard InChI is InChI=1S/C24H30O6/c1-14-11-18(28-15(2)25)20(26)23(5)19(29-21(27)16-9-7-6-8-10-16)12-17-13-24(14,23)30-22(17,3)4/h6-11,17-20,26H,12-13H2,1-5H3/t17-,18+,19+,20+,23-,24+/m1/s1. The van der Waals surface area contributed by atoms with Gasteiger partial charge in [-0.15, -0.1) is 0 Å². The quantitative estimate of drug-likeness (QED) is 0.603. The van der Waals surface area contributed by atoms with Gasteiger partial charge >= 0.3 is 11.9 Å². The van der Waals surface area contributed by atoms with E-state index in [1.165, 1.54) is 6.92 Å². The molecule has 0 amide bonds. The zero-order chi connectivity index (χ0) is 21.9. The minimum atomic E-state index is -1.08. The van der Waals surface area contributed by atoms with E-state index in [0.717, 1.165) is 12.0 Å². The molecule has 2 aliphatic carbocycles. The van der Waals surface area contributed by atoms with Gasteiger partial charge in [0.05, 0.1) is 16.6 Å². The fourth-order valence-electron chi connectivity index (χ4n) is 5.77. The Hall–Kier alpha value is -2.18. The molecule has 1 N–H and O–H groups in total. The lowest BCUT2D eigenvalue weighted by Gasteiger charge is -2.57. The molecule has 1 saturated heterocycles. The summed E-state index contributed by atoms with van der Waals surface area (Å²) in [7, 11) is 0. The van der Waals surface area contributed by atoms with Crippen molar-refractivity contribution in [3.05, 3.63) is 47.5 Å². The molecule has 6 atom stereocenters. The highest BCUT2D eigenvalue weighted by Gasteiger charge is 2.72. The van der Waals surface area contributed by atoms with Crippen LogP contribution in [-0.4, -0.2) is 46.6 Å². The SMILES string of the molecule is CC(=O)O[C@H]1C=C(C)[C@@]23C[C@@H](C[C@H](OC(=O)c4ccccc4)[C@]2(C)[C@H]1O)C(C)(C)O3. The number of esters is 2. The predicted molar refractivity (Wildman–Crippen MR) is 110 cm³/mol. The summed E-state index contributed by atoms with van der Waals surface area (Å²) in [6.45, 7) is 9.26. The third-order valence-corrected chi connectivity index (χ3v) is 7.53. The van der Waals surface area contributed by atoms with Crippen LogP contribution < -0.4 is 0 Å². The van der Waals surface area contributed by atoms with Crippen molar-refractivity contribution in [2.24, 2.45) is 11.3 Å². The van der Waals surface area contributed by atoms with E-state index in [1.807, 2.05) is 33.8 Å². The molecule has 0 unspecified atom stereocenters. The number of ether oxygens (including phenoxy) is 3. The van der Waals surface area contributed by atoms with Crippen LogP contribution in [0.3, 0.4) is 0 Å². The molecular formula is C24H30O6. The van der Waals surface area contributed by atoms with E-state index in [4.69, 9.17) is 14.2 Å². The molecule has 1 heterocycles. The van der Waals surface area contributed by atoms with Crippen molar-refractivity contribution < 1.29 is 28.9 Å². The Bertz CT molecular complexity index is 890. The molecule has 1 spiro atoms. The van der Waals surface area contributed by atoms with Crippen molar-refractivity contribution in [2.45, 2.75) is 77.0 Å². The van der Waals surface area contributed by atoms with Crippen molar-refractivity contribution in [3.8, 4) is 0 Å². The number of hydrogen-bond donors (Lipinski definition) is 1. The van der Waals surface area contributed by atoms with Crippen LogP contribution in [0.4, 0.5) is 0 Å². The average molecular weight is 414 g/mol. The Labute approximate surface area is 177 Å². The van der Waals surface area contributed by atoms with Gasteiger partial charge in [-0.1, -0.05) is 25.1 Å². The first-order valence-corrected chi connectivity index (χ1v) is 10.5. The van der Waals surface area contributed by atoms with E-state index in [9.17, 15) is 14.7 Å². The summed E-state index contributed by atoms with van der Waals surface area (Å²) in [6, 6.07) is 8.84. The maximum absolute atomic E-state index is 12.9. The van der Waals surface area contributed by atoms with Gasteiger partial charge in [-0.05, 0) is 63.3 Å². The molecular weight excluding hydrogens is 384 g/mol. The van der Waals surface area contributed by atoms with E-state index < -0.39 is 46.9 Å². The number of rotatable bonds is 3. The third-order valence-electron chi connectivity index (χ3n) is 7.53.